The summed E-state index contributed by atoms with van der Waals surface area (Å²) in [5.41, 5.74) is 1.31. The normalized spacial score (nSPS) is 11.6. The molecule has 72 valence electrons. The van der Waals surface area contributed by atoms with Crippen LogP contribution >= 0.6 is 11.3 Å². The number of hydrogen-bond donors (Lipinski definition) is 1. The highest BCUT2D eigenvalue weighted by molar-refractivity contribution is 7.08. The van der Waals surface area contributed by atoms with Crippen LogP contribution in [0.15, 0.2) is 22.9 Å². The smallest absolute Gasteiger partial charge is 0.00105 e. The quantitative estimate of drug-likeness (QED) is 0.712. The molecule has 0 bridgehead atoms. The zero-order chi connectivity index (χ0) is 9.52. The van der Waals surface area contributed by atoms with Gasteiger partial charge in [0.25, 0.3) is 0 Å². The lowest BCUT2D eigenvalue weighted by molar-refractivity contribution is 0.595. The van der Waals surface area contributed by atoms with Crippen molar-refractivity contribution in [2.75, 3.05) is 6.54 Å². The van der Waals surface area contributed by atoms with E-state index in [9.17, 15) is 0 Å². The van der Waals surface area contributed by atoms with Crippen molar-refractivity contribution in [1.29, 1.82) is 0 Å². The molecule has 0 unspecified atom stereocenters. The first-order valence-electron chi connectivity index (χ1n) is 4.71. The Kier molecular flexibility index (Phi) is 4.79. The molecule has 0 saturated carbocycles. The first-order valence-corrected chi connectivity index (χ1v) is 5.65. The molecule has 2 heteroatoms. The highest BCUT2D eigenvalue weighted by Crippen LogP contribution is 2.07. The molecule has 0 fully saturated rings. The summed E-state index contributed by atoms with van der Waals surface area (Å²) in [6.07, 6.45) is 5.50. The Morgan fingerprint density at radius 2 is 2.38 bits per heavy atom. The summed E-state index contributed by atoms with van der Waals surface area (Å²) in [7, 11) is 0. The molecule has 1 N–H and O–H groups in total. The van der Waals surface area contributed by atoms with Gasteiger partial charge in [-0.3, -0.25) is 0 Å². The lowest BCUT2D eigenvalue weighted by Crippen LogP contribution is -2.23. The fraction of sp³-hybridized carbons (Fsp3) is 0.455. The molecule has 13 heavy (non-hydrogen) atoms. The molecule has 0 aliphatic rings. The summed E-state index contributed by atoms with van der Waals surface area (Å²) in [4.78, 5) is 0. The van der Waals surface area contributed by atoms with E-state index >= 15 is 0 Å². The van der Waals surface area contributed by atoms with Crippen molar-refractivity contribution in [3.8, 4) is 0 Å². The molecule has 0 atom stereocenters. The van der Waals surface area contributed by atoms with Crippen LogP contribution in [0.2, 0.25) is 0 Å². The minimum Gasteiger partial charge on any atom is -0.314 e. The van der Waals surface area contributed by atoms with Crippen molar-refractivity contribution in [2.45, 2.75) is 26.3 Å². The summed E-state index contributed by atoms with van der Waals surface area (Å²) in [6, 6.07) is 2.73. The second-order valence-electron chi connectivity index (χ2n) is 3.36. The first-order chi connectivity index (χ1) is 6.29. The van der Waals surface area contributed by atoms with E-state index in [4.69, 9.17) is 0 Å². The highest BCUT2D eigenvalue weighted by atomic mass is 32.1. The van der Waals surface area contributed by atoms with Crippen LogP contribution in [0.1, 0.15) is 25.8 Å². The summed E-state index contributed by atoms with van der Waals surface area (Å²) in [6.45, 7) is 5.41. The van der Waals surface area contributed by atoms with Crippen molar-refractivity contribution in [3.05, 3.63) is 28.5 Å². The van der Waals surface area contributed by atoms with Crippen LogP contribution in [0.3, 0.4) is 0 Å². The summed E-state index contributed by atoms with van der Waals surface area (Å²) in [5, 5.41) is 7.64. The molecule has 1 aromatic rings. The van der Waals surface area contributed by atoms with Crippen molar-refractivity contribution >= 4 is 17.4 Å². The Hall–Kier alpha value is -0.600. The van der Waals surface area contributed by atoms with Gasteiger partial charge >= 0.3 is 0 Å². The molecule has 0 aliphatic heterocycles. The van der Waals surface area contributed by atoms with Crippen LogP contribution in [0.4, 0.5) is 0 Å². The maximum absolute atomic E-state index is 3.38. The van der Waals surface area contributed by atoms with Crippen LogP contribution < -0.4 is 5.32 Å². The standard InChI is InChI=1S/C11H17NS/c1-10(2)12-7-4-3-5-11-6-8-13-9-11/h3,5-6,8-10,12H,4,7H2,1-2H3. The van der Waals surface area contributed by atoms with E-state index in [-0.39, 0.29) is 0 Å². The van der Waals surface area contributed by atoms with Crippen LogP contribution in [-0.2, 0) is 0 Å². The largest absolute Gasteiger partial charge is 0.314 e. The highest BCUT2D eigenvalue weighted by Gasteiger charge is 1.88. The van der Waals surface area contributed by atoms with Crippen molar-refractivity contribution in [2.24, 2.45) is 0 Å². The van der Waals surface area contributed by atoms with Crippen LogP contribution in [0.25, 0.3) is 6.08 Å². The molecule has 1 heterocycles. The average Bonchev–Trinajstić information content (AvgIpc) is 2.55. The third-order valence-electron chi connectivity index (χ3n) is 1.72. The number of hydrogen-bond acceptors (Lipinski definition) is 2. The average molecular weight is 195 g/mol. The number of rotatable bonds is 5. The number of thiophene rings is 1. The van der Waals surface area contributed by atoms with Crippen LogP contribution in [0, 0.1) is 0 Å². The van der Waals surface area contributed by atoms with E-state index in [1.54, 1.807) is 11.3 Å². The van der Waals surface area contributed by atoms with E-state index < -0.39 is 0 Å². The topological polar surface area (TPSA) is 12.0 Å². The lowest BCUT2D eigenvalue weighted by Gasteiger charge is -2.04. The second kappa shape index (κ2) is 5.95. The lowest BCUT2D eigenvalue weighted by atomic mass is 10.2. The minimum absolute atomic E-state index is 0.592. The molecular weight excluding hydrogens is 178 g/mol. The van der Waals surface area contributed by atoms with Crippen LogP contribution in [-0.4, -0.2) is 12.6 Å². The van der Waals surface area contributed by atoms with Crippen molar-refractivity contribution in [1.82, 2.24) is 5.32 Å². The Bertz CT molecular complexity index is 237. The Morgan fingerprint density at radius 3 is 3.00 bits per heavy atom. The van der Waals surface area contributed by atoms with Gasteiger partial charge in [-0.1, -0.05) is 26.0 Å². The first kappa shape index (κ1) is 10.5. The van der Waals surface area contributed by atoms with E-state index in [2.05, 4.69) is 48.1 Å². The predicted molar refractivity (Wildman–Crippen MR) is 61.1 cm³/mol. The summed E-state index contributed by atoms with van der Waals surface area (Å²) >= 11 is 1.74. The molecule has 0 aliphatic carbocycles. The van der Waals surface area contributed by atoms with E-state index in [1.807, 2.05) is 0 Å². The van der Waals surface area contributed by atoms with Gasteiger partial charge in [0.1, 0.15) is 0 Å². The third kappa shape index (κ3) is 4.86. The molecule has 1 aromatic heterocycles. The van der Waals surface area contributed by atoms with Gasteiger partial charge in [0.2, 0.25) is 0 Å². The molecule has 0 radical (unpaired) electrons. The van der Waals surface area contributed by atoms with E-state index in [1.165, 1.54) is 5.56 Å². The van der Waals surface area contributed by atoms with Gasteiger partial charge in [-0.05, 0) is 35.4 Å². The third-order valence-corrected chi connectivity index (χ3v) is 2.42. The summed E-state index contributed by atoms with van der Waals surface area (Å²) in [5.74, 6) is 0. The van der Waals surface area contributed by atoms with Gasteiger partial charge in [-0.25, -0.2) is 0 Å². The maximum atomic E-state index is 3.38. The maximum Gasteiger partial charge on any atom is 0.00105 e. The Labute approximate surface area is 84.5 Å². The fourth-order valence-corrected chi connectivity index (χ4v) is 1.67. The summed E-state index contributed by atoms with van der Waals surface area (Å²) < 4.78 is 0. The van der Waals surface area contributed by atoms with Gasteiger partial charge in [-0.15, -0.1) is 0 Å². The van der Waals surface area contributed by atoms with Gasteiger partial charge in [0, 0.05) is 6.04 Å². The van der Waals surface area contributed by atoms with Gasteiger partial charge < -0.3 is 5.32 Å². The monoisotopic (exact) mass is 195 g/mol. The zero-order valence-electron chi connectivity index (χ0n) is 8.29. The van der Waals surface area contributed by atoms with Gasteiger partial charge in [-0.2, -0.15) is 11.3 Å². The van der Waals surface area contributed by atoms with Crippen molar-refractivity contribution in [3.63, 3.8) is 0 Å². The zero-order valence-corrected chi connectivity index (χ0v) is 9.10. The van der Waals surface area contributed by atoms with Gasteiger partial charge in [0.05, 0.1) is 0 Å². The molecule has 1 nitrogen and oxygen atoms in total. The molecule has 0 saturated heterocycles. The Balaban J connectivity index is 2.12. The predicted octanol–water partition coefficient (Wildman–Crippen LogP) is 3.15. The molecule has 1 rings (SSSR count). The molecule has 0 spiro atoms. The van der Waals surface area contributed by atoms with Crippen LogP contribution in [0.5, 0.6) is 0 Å². The molecule has 0 amide bonds. The van der Waals surface area contributed by atoms with E-state index in [0.717, 1.165) is 13.0 Å². The second-order valence-corrected chi connectivity index (χ2v) is 4.14. The minimum atomic E-state index is 0.592. The van der Waals surface area contributed by atoms with Crippen molar-refractivity contribution < 1.29 is 0 Å². The fourth-order valence-electron chi connectivity index (χ4n) is 1.04. The van der Waals surface area contributed by atoms with E-state index in [0.29, 0.717) is 6.04 Å². The molecular formula is C11H17NS. The molecule has 0 aromatic carbocycles. The van der Waals surface area contributed by atoms with Gasteiger partial charge in [0.15, 0.2) is 0 Å². The number of nitrogens with one attached hydrogen (secondary N) is 1. The Morgan fingerprint density at radius 1 is 1.54 bits per heavy atom. The SMILES string of the molecule is CC(C)NCCC=Cc1ccsc1.